The lowest BCUT2D eigenvalue weighted by molar-refractivity contribution is 0.0643. The van der Waals surface area contributed by atoms with Gasteiger partial charge in [-0.15, -0.1) is 11.6 Å². The zero-order valence-electron chi connectivity index (χ0n) is 9.58. The standard InChI is InChI=1S/C11H22ClNO2/c1-14-8-9-15-7-3-6-13-5-2-4-11(12)10-13/h11H,2-10H2,1H3. The van der Waals surface area contributed by atoms with Crippen LogP contribution in [0.5, 0.6) is 0 Å². The largest absolute Gasteiger partial charge is 0.382 e. The Morgan fingerprint density at radius 3 is 2.93 bits per heavy atom. The second kappa shape index (κ2) is 8.34. The monoisotopic (exact) mass is 235 g/mol. The van der Waals surface area contributed by atoms with Crippen molar-refractivity contribution in [1.29, 1.82) is 0 Å². The van der Waals surface area contributed by atoms with E-state index in [1.807, 2.05) is 0 Å². The molecule has 1 unspecified atom stereocenters. The number of hydrogen-bond donors (Lipinski definition) is 0. The van der Waals surface area contributed by atoms with Gasteiger partial charge in [-0.25, -0.2) is 0 Å². The first-order valence-electron chi connectivity index (χ1n) is 5.76. The predicted octanol–water partition coefficient (Wildman–Crippen LogP) is 1.74. The van der Waals surface area contributed by atoms with Gasteiger partial charge in [0.25, 0.3) is 0 Å². The first kappa shape index (κ1) is 13.2. The normalized spacial score (nSPS) is 23.2. The molecule has 90 valence electrons. The molecule has 0 N–H and O–H groups in total. The molecule has 0 aliphatic carbocycles. The molecule has 0 aromatic carbocycles. The molecule has 4 heteroatoms. The molecule has 1 heterocycles. The fourth-order valence-electron chi connectivity index (χ4n) is 1.84. The lowest BCUT2D eigenvalue weighted by atomic mass is 10.1. The number of ether oxygens (including phenoxy) is 2. The summed E-state index contributed by atoms with van der Waals surface area (Å²) in [5.41, 5.74) is 0. The van der Waals surface area contributed by atoms with Crippen LogP contribution in [0.1, 0.15) is 19.3 Å². The number of nitrogens with zero attached hydrogens (tertiary/aromatic N) is 1. The van der Waals surface area contributed by atoms with Gasteiger partial charge in [0.05, 0.1) is 13.2 Å². The Bertz CT molecular complexity index is 158. The third kappa shape index (κ3) is 6.36. The minimum atomic E-state index is 0.355. The molecule has 15 heavy (non-hydrogen) atoms. The van der Waals surface area contributed by atoms with Crippen LogP contribution in [0.2, 0.25) is 0 Å². The van der Waals surface area contributed by atoms with E-state index in [4.69, 9.17) is 21.1 Å². The summed E-state index contributed by atoms with van der Waals surface area (Å²) >= 11 is 6.10. The van der Waals surface area contributed by atoms with E-state index in [2.05, 4.69) is 4.90 Å². The number of hydrogen-bond acceptors (Lipinski definition) is 3. The van der Waals surface area contributed by atoms with E-state index in [1.54, 1.807) is 7.11 Å². The number of likely N-dealkylation sites (tertiary alicyclic amines) is 1. The molecule has 0 radical (unpaired) electrons. The van der Waals surface area contributed by atoms with E-state index in [9.17, 15) is 0 Å². The number of alkyl halides is 1. The Balaban J connectivity index is 1.90. The van der Waals surface area contributed by atoms with Crippen molar-refractivity contribution in [3.63, 3.8) is 0 Å². The Kier molecular flexibility index (Phi) is 7.36. The van der Waals surface area contributed by atoms with Crippen molar-refractivity contribution in [2.45, 2.75) is 24.6 Å². The molecule has 1 fully saturated rings. The molecule has 0 aromatic rings. The van der Waals surface area contributed by atoms with E-state index in [1.165, 1.54) is 19.4 Å². The summed E-state index contributed by atoms with van der Waals surface area (Å²) in [7, 11) is 1.69. The summed E-state index contributed by atoms with van der Waals surface area (Å²) in [6.45, 7) is 5.56. The van der Waals surface area contributed by atoms with Gasteiger partial charge in [-0.2, -0.15) is 0 Å². The summed E-state index contributed by atoms with van der Waals surface area (Å²) in [6, 6.07) is 0. The molecule has 0 aromatic heterocycles. The van der Waals surface area contributed by atoms with Crippen LogP contribution in [-0.4, -0.2) is 56.8 Å². The van der Waals surface area contributed by atoms with Crippen molar-refractivity contribution in [2.75, 3.05) is 46.6 Å². The fourth-order valence-corrected chi connectivity index (χ4v) is 2.19. The van der Waals surface area contributed by atoms with Crippen molar-refractivity contribution >= 4 is 11.6 Å². The fraction of sp³-hybridized carbons (Fsp3) is 1.00. The summed E-state index contributed by atoms with van der Waals surface area (Å²) in [5.74, 6) is 0. The van der Waals surface area contributed by atoms with Crippen molar-refractivity contribution in [2.24, 2.45) is 0 Å². The average molecular weight is 236 g/mol. The third-order valence-corrected chi connectivity index (χ3v) is 3.00. The second-order valence-corrected chi connectivity index (χ2v) is 4.62. The van der Waals surface area contributed by atoms with Crippen molar-refractivity contribution < 1.29 is 9.47 Å². The maximum atomic E-state index is 6.10. The van der Waals surface area contributed by atoms with Gasteiger partial charge in [0.2, 0.25) is 0 Å². The molecular formula is C11H22ClNO2. The van der Waals surface area contributed by atoms with Crippen molar-refractivity contribution in [3.05, 3.63) is 0 Å². The van der Waals surface area contributed by atoms with Gasteiger partial charge in [-0.3, -0.25) is 0 Å². The smallest absolute Gasteiger partial charge is 0.0700 e. The number of methoxy groups -OCH3 is 1. The highest BCUT2D eigenvalue weighted by molar-refractivity contribution is 6.20. The SMILES string of the molecule is COCCOCCCN1CCCC(Cl)C1. The van der Waals surface area contributed by atoms with Crippen LogP contribution in [0.25, 0.3) is 0 Å². The molecule has 1 atom stereocenters. The van der Waals surface area contributed by atoms with Gasteiger partial charge in [-0.1, -0.05) is 0 Å². The average Bonchev–Trinajstić information content (AvgIpc) is 2.23. The molecule has 1 rings (SSSR count). The summed E-state index contributed by atoms with van der Waals surface area (Å²) < 4.78 is 10.3. The minimum Gasteiger partial charge on any atom is -0.382 e. The van der Waals surface area contributed by atoms with Crippen LogP contribution in [0.3, 0.4) is 0 Å². The van der Waals surface area contributed by atoms with Crippen LogP contribution in [-0.2, 0) is 9.47 Å². The summed E-state index contributed by atoms with van der Waals surface area (Å²) in [4.78, 5) is 2.43. The van der Waals surface area contributed by atoms with Crippen LogP contribution < -0.4 is 0 Å². The van der Waals surface area contributed by atoms with Gasteiger partial charge < -0.3 is 14.4 Å². The molecule has 1 aliphatic rings. The number of halogens is 1. The van der Waals surface area contributed by atoms with E-state index in [0.29, 0.717) is 18.6 Å². The molecule has 0 spiro atoms. The number of rotatable bonds is 7. The van der Waals surface area contributed by atoms with Crippen LogP contribution in [0, 0.1) is 0 Å². The van der Waals surface area contributed by atoms with E-state index in [0.717, 1.165) is 26.1 Å². The predicted molar refractivity (Wildman–Crippen MR) is 62.6 cm³/mol. The molecule has 1 aliphatic heterocycles. The third-order valence-electron chi connectivity index (χ3n) is 2.64. The topological polar surface area (TPSA) is 21.7 Å². The number of piperidine rings is 1. The van der Waals surface area contributed by atoms with Gasteiger partial charge in [0, 0.05) is 32.2 Å². The van der Waals surface area contributed by atoms with Gasteiger partial charge in [0.1, 0.15) is 0 Å². The lowest BCUT2D eigenvalue weighted by Gasteiger charge is -2.29. The van der Waals surface area contributed by atoms with Crippen molar-refractivity contribution in [1.82, 2.24) is 4.90 Å². The molecule has 0 saturated carbocycles. The van der Waals surface area contributed by atoms with Gasteiger partial charge in [-0.05, 0) is 25.8 Å². The summed E-state index contributed by atoms with van der Waals surface area (Å²) in [6.07, 6.45) is 3.49. The van der Waals surface area contributed by atoms with E-state index < -0.39 is 0 Å². The first-order chi connectivity index (χ1) is 7.33. The Morgan fingerprint density at radius 2 is 2.20 bits per heavy atom. The Labute approximate surface area is 97.7 Å². The Morgan fingerprint density at radius 1 is 1.33 bits per heavy atom. The zero-order valence-corrected chi connectivity index (χ0v) is 10.3. The zero-order chi connectivity index (χ0) is 10.9. The minimum absolute atomic E-state index is 0.355. The quantitative estimate of drug-likeness (QED) is 0.496. The van der Waals surface area contributed by atoms with Crippen molar-refractivity contribution in [3.8, 4) is 0 Å². The summed E-state index contributed by atoms with van der Waals surface area (Å²) in [5, 5.41) is 0.355. The van der Waals surface area contributed by atoms with E-state index in [-0.39, 0.29) is 0 Å². The van der Waals surface area contributed by atoms with Crippen LogP contribution >= 0.6 is 11.6 Å². The molecule has 3 nitrogen and oxygen atoms in total. The van der Waals surface area contributed by atoms with Crippen LogP contribution in [0.15, 0.2) is 0 Å². The van der Waals surface area contributed by atoms with Gasteiger partial charge in [0.15, 0.2) is 0 Å². The molecule has 0 bridgehead atoms. The molecular weight excluding hydrogens is 214 g/mol. The lowest BCUT2D eigenvalue weighted by Crippen LogP contribution is -2.36. The molecule has 0 amide bonds. The molecule has 1 saturated heterocycles. The maximum Gasteiger partial charge on any atom is 0.0700 e. The maximum absolute atomic E-state index is 6.10. The highest BCUT2D eigenvalue weighted by Gasteiger charge is 2.16. The Hall–Kier alpha value is 0.170. The second-order valence-electron chi connectivity index (χ2n) is 4.00. The highest BCUT2D eigenvalue weighted by atomic mass is 35.5. The van der Waals surface area contributed by atoms with E-state index >= 15 is 0 Å². The highest BCUT2D eigenvalue weighted by Crippen LogP contribution is 2.14. The van der Waals surface area contributed by atoms with Gasteiger partial charge >= 0.3 is 0 Å². The van der Waals surface area contributed by atoms with Crippen LogP contribution in [0.4, 0.5) is 0 Å². The first-order valence-corrected chi connectivity index (χ1v) is 6.19.